The molecule has 1 amide bonds. The fourth-order valence-corrected chi connectivity index (χ4v) is 2.72. The fraction of sp³-hybridized carbons (Fsp3) is 0.316. The summed E-state index contributed by atoms with van der Waals surface area (Å²) in [7, 11) is 0. The fourth-order valence-electron chi connectivity index (χ4n) is 2.72. The van der Waals surface area contributed by atoms with Crippen molar-refractivity contribution in [1.29, 1.82) is 0 Å². The maximum absolute atomic E-state index is 11.8. The third-order valence-electron chi connectivity index (χ3n) is 4.01. The van der Waals surface area contributed by atoms with Crippen LogP contribution in [0, 0.1) is 0 Å². The molecule has 23 heavy (non-hydrogen) atoms. The number of nitrogens with one attached hydrogen (secondary N) is 1. The summed E-state index contributed by atoms with van der Waals surface area (Å²) in [5.74, 6) is 0.593. The van der Waals surface area contributed by atoms with E-state index >= 15 is 0 Å². The molecule has 0 spiro atoms. The van der Waals surface area contributed by atoms with Crippen LogP contribution in [-0.4, -0.2) is 25.6 Å². The minimum absolute atomic E-state index is 0.0376. The first kappa shape index (κ1) is 15.4. The minimum atomic E-state index is -0.113. The first-order chi connectivity index (χ1) is 11.3. The van der Waals surface area contributed by atoms with Crippen molar-refractivity contribution < 1.29 is 9.53 Å². The molecule has 1 aliphatic heterocycles. The maximum Gasteiger partial charge on any atom is 0.258 e. The molecular formula is C19H22N2O2. The van der Waals surface area contributed by atoms with Crippen molar-refractivity contribution in [2.75, 3.05) is 24.6 Å². The largest absolute Gasteiger partial charge is 0.484 e. The SMILES string of the molecule is O=C(COc1ccccc1)NCc1ccc(N2CCCC2)cc1. The van der Waals surface area contributed by atoms with Crippen molar-refractivity contribution >= 4 is 11.6 Å². The van der Waals surface area contributed by atoms with E-state index in [1.807, 2.05) is 30.3 Å². The number of benzene rings is 2. The standard InChI is InChI=1S/C19H22N2O2/c22-19(15-23-18-6-2-1-3-7-18)20-14-16-8-10-17(11-9-16)21-12-4-5-13-21/h1-3,6-11H,4-5,12-15H2,(H,20,22). The number of anilines is 1. The van der Waals surface area contributed by atoms with Crippen molar-refractivity contribution in [3.8, 4) is 5.75 Å². The van der Waals surface area contributed by atoms with Crippen LogP contribution in [0.4, 0.5) is 5.69 Å². The molecule has 2 aromatic carbocycles. The number of nitrogens with zero attached hydrogens (tertiary/aromatic N) is 1. The quantitative estimate of drug-likeness (QED) is 0.892. The second-order valence-corrected chi connectivity index (χ2v) is 5.74. The van der Waals surface area contributed by atoms with Crippen LogP contribution >= 0.6 is 0 Å². The van der Waals surface area contributed by atoms with E-state index in [-0.39, 0.29) is 12.5 Å². The first-order valence-electron chi connectivity index (χ1n) is 8.10. The number of hydrogen-bond acceptors (Lipinski definition) is 3. The first-order valence-corrected chi connectivity index (χ1v) is 8.10. The summed E-state index contributed by atoms with van der Waals surface area (Å²) in [4.78, 5) is 14.2. The smallest absolute Gasteiger partial charge is 0.258 e. The number of carbonyl (C=O) groups excluding carboxylic acids is 1. The van der Waals surface area contributed by atoms with Gasteiger partial charge in [0.25, 0.3) is 5.91 Å². The van der Waals surface area contributed by atoms with Gasteiger partial charge in [-0.1, -0.05) is 30.3 Å². The lowest BCUT2D eigenvalue weighted by Crippen LogP contribution is -2.28. The van der Waals surface area contributed by atoms with Gasteiger partial charge in [0, 0.05) is 25.3 Å². The maximum atomic E-state index is 11.8. The third-order valence-corrected chi connectivity index (χ3v) is 4.01. The third kappa shape index (κ3) is 4.49. The van der Waals surface area contributed by atoms with Gasteiger partial charge in [-0.15, -0.1) is 0 Å². The summed E-state index contributed by atoms with van der Waals surface area (Å²) < 4.78 is 5.42. The van der Waals surface area contributed by atoms with E-state index < -0.39 is 0 Å². The van der Waals surface area contributed by atoms with E-state index in [1.54, 1.807) is 0 Å². The van der Waals surface area contributed by atoms with Crippen molar-refractivity contribution in [2.45, 2.75) is 19.4 Å². The Bertz CT molecular complexity index is 620. The van der Waals surface area contributed by atoms with Gasteiger partial charge in [0.1, 0.15) is 5.75 Å². The van der Waals surface area contributed by atoms with E-state index in [1.165, 1.54) is 18.5 Å². The van der Waals surface area contributed by atoms with Crippen LogP contribution in [0.1, 0.15) is 18.4 Å². The number of amides is 1. The Kier molecular flexibility index (Phi) is 5.14. The molecule has 1 saturated heterocycles. The van der Waals surface area contributed by atoms with Gasteiger partial charge < -0.3 is 15.0 Å². The van der Waals surface area contributed by atoms with Gasteiger partial charge in [-0.2, -0.15) is 0 Å². The molecule has 1 heterocycles. The number of carbonyl (C=O) groups is 1. The average Bonchev–Trinajstić information content (AvgIpc) is 3.14. The number of ether oxygens (including phenoxy) is 1. The molecule has 2 aromatic rings. The average molecular weight is 310 g/mol. The molecule has 0 bridgehead atoms. The van der Waals surface area contributed by atoms with Gasteiger partial charge in [0.15, 0.2) is 6.61 Å². The molecule has 120 valence electrons. The highest BCUT2D eigenvalue weighted by molar-refractivity contribution is 5.77. The zero-order valence-corrected chi connectivity index (χ0v) is 13.2. The molecule has 0 atom stereocenters. The summed E-state index contributed by atoms with van der Waals surface area (Å²) in [6.45, 7) is 2.85. The predicted octanol–water partition coefficient (Wildman–Crippen LogP) is 2.98. The molecule has 3 rings (SSSR count). The Morgan fingerprint density at radius 1 is 1.00 bits per heavy atom. The van der Waals surface area contributed by atoms with Gasteiger partial charge >= 0.3 is 0 Å². The highest BCUT2D eigenvalue weighted by Gasteiger charge is 2.11. The van der Waals surface area contributed by atoms with E-state index in [0.29, 0.717) is 12.3 Å². The second-order valence-electron chi connectivity index (χ2n) is 5.74. The molecule has 0 radical (unpaired) electrons. The van der Waals surface area contributed by atoms with Crippen LogP contribution < -0.4 is 15.0 Å². The summed E-state index contributed by atoms with van der Waals surface area (Å²) >= 11 is 0. The number of para-hydroxylation sites is 1. The number of rotatable bonds is 6. The second kappa shape index (κ2) is 7.68. The molecule has 0 aliphatic carbocycles. The lowest BCUT2D eigenvalue weighted by molar-refractivity contribution is -0.123. The monoisotopic (exact) mass is 310 g/mol. The summed E-state index contributed by atoms with van der Waals surface area (Å²) in [6, 6.07) is 17.8. The normalized spacial score (nSPS) is 13.8. The molecule has 1 aliphatic rings. The van der Waals surface area contributed by atoms with Crippen LogP contribution in [0.3, 0.4) is 0 Å². The van der Waals surface area contributed by atoms with E-state index in [4.69, 9.17) is 4.74 Å². The van der Waals surface area contributed by atoms with Gasteiger partial charge in [-0.3, -0.25) is 4.79 Å². The summed E-state index contributed by atoms with van der Waals surface area (Å²) in [5, 5.41) is 2.88. The van der Waals surface area contributed by atoms with Crippen molar-refractivity contribution in [2.24, 2.45) is 0 Å². The molecule has 0 aromatic heterocycles. The van der Waals surface area contributed by atoms with Crippen LogP contribution in [0.25, 0.3) is 0 Å². The number of hydrogen-bond donors (Lipinski definition) is 1. The summed E-state index contributed by atoms with van der Waals surface area (Å²) in [5.41, 5.74) is 2.37. The van der Waals surface area contributed by atoms with Crippen molar-refractivity contribution in [3.63, 3.8) is 0 Å². The lowest BCUT2D eigenvalue weighted by Gasteiger charge is -2.17. The lowest BCUT2D eigenvalue weighted by atomic mass is 10.2. The Morgan fingerprint density at radius 2 is 1.70 bits per heavy atom. The predicted molar refractivity (Wildman–Crippen MR) is 91.7 cm³/mol. The van der Waals surface area contributed by atoms with E-state index in [2.05, 4.69) is 34.5 Å². The van der Waals surface area contributed by atoms with Crippen molar-refractivity contribution in [3.05, 3.63) is 60.2 Å². The molecule has 0 unspecified atom stereocenters. The van der Waals surface area contributed by atoms with Crippen LogP contribution in [0.2, 0.25) is 0 Å². The zero-order valence-electron chi connectivity index (χ0n) is 13.2. The zero-order chi connectivity index (χ0) is 15.9. The Morgan fingerprint density at radius 3 is 2.39 bits per heavy atom. The Balaban J connectivity index is 1.43. The molecule has 1 N–H and O–H groups in total. The van der Waals surface area contributed by atoms with Crippen LogP contribution in [0.5, 0.6) is 5.75 Å². The molecule has 4 nitrogen and oxygen atoms in total. The highest BCUT2D eigenvalue weighted by Crippen LogP contribution is 2.20. The topological polar surface area (TPSA) is 41.6 Å². The Labute approximate surface area is 137 Å². The molecular weight excluding hydrogens is 288 g/mol. The molecule has 1 fully saturated rings. The van der Waals surface area contributed by atoms with Crippen LogP contribution in [0.15, 0.2) is 54.6 Å². The van der Waals surface area contributed by atoms with Gasteiger partial charge in [0.2, 0.25) is 0 Å². The van der Waals surface area contributed by atoms with Gasteiger partial charge in [-0.25, -0.2) is 0 Å². The van der Waals surface area contributed by atoms with Gasteiger partial charge in [-0.05, 0) is 42.7 Å². The van der Waals surface area contributed by atoms with E-state index in [9.17, 15) is 4.79 Å². The van der Waals surface area contributed by atoms with E-state index in [0.717, 1.165) is 18.7 Å². The summed E-state index contributed by atoms with van der Waals surface area (Å²) in [6.07, 6.45) is 2.55. The minimum Gasteiger partial charge on any atom is -0.484 e. The molecule has 0 saturated carbocycles. The van der Waals surface area contributed by atoms with Crippen molar-refractivity contribution in [1.82, 2.24) is 5.32 Å². The molecule has 4 heteroatoms. The van der Waals surface area contributed by atoms with Gasteiger partial charge in [0.05, 0.1) is 0 Å². The van der Waals surface area contributed by atoms with Crippen LogP contribution in [-0.2, 0) is 11.3 Å². The Hall–Kier alpha value is -2.49. The highest BCUT2D eigenvalue weighted by atomic mass is 16.5.